The van der Waals surface area contributed by atoms with E-state index < -0.39 is 48.6 Å². The first-order valence-electron chi connectivity index (χ1n) is 26.2. The standard InChI is InChI=1S/C51H66N20O7/c1-5-9-37(72)60-33-19-35(43(76)41(33)74)70-27-56-39-45(62-49(64-47(39)70)52-15-11-29-21-66(7-3)25-54-29)58-31-13-17-68(23-31)51(78)69-18-14-32(24-69)59-46-40-48(65-50(63-46)53-16-12-30-22-67(8-4)26-55-30)71(28-57-40)36-20-34(42(75)44(36)77)61-38(73)10-6-2/h5-8,21-22,25-28,31-36,41-44,74-77H,1-4,9-20,23-24H2,(H,60,72)(H,61,73)(H2,52,58,62,64)(H2,53,59,63,65)/t31-,32-,33+,34+,35-,36-,41-,42-,43+,44+/m1/s1. The van der Waals surface area contributed by atoms with Crippen LogP contribution in [0.2, 0.25) is 0 Å². The maximum atomic E-state index is 14.3. The summed E-state index contributed by atoms with van der Waals surface area (Å²) < 4.78 is 6.95. The second-order valence-corrected chi connectivity index (χ2v) is 20.1. The van der Waals surface area contributed by atoms with Crippen LogP contribution in [-0.4, -0.2) is 194 Å². The van der Waals surface area contributed by atoms with Crippen molar-refractivity contribution < 1.29 is 34.8 Å². The van der Waals surface area contributed by atoms with Crippen molar-refractivity contribution in [1.82, 2.24) is 78.6 Å². The summed E-state index contributed by atoms with van der Waals surface area (Å²) in [6, 6.07) is -3.30. The van der Waals surface area contributed by atoms with E-state index in [9.17, 15) is 34.8 Å². The molecule has 2 saturated heterocycles. The van der Waals surface area contributed by atoms with Crippen LogP contribution in [-0.2, 0) is 22.4 Å². The fourth-order valence-corrected chi connectivity index (χ4v) is 10.8. The number of urea groups is 1. The fraction of sp³-hybridized carbons (Fsp3) is 0.471. The number of anilines is 4. The van der Waals surface area contributed by atoms with Crippen LogP contribution in [0.25, 0.3) is 34.7 Å². The summed E-state index contributed by atoms with van der Waals surface area (Å²) in [6.07, 6.45) is 14.5. The number of aliphatic hydroxyl groups excluding tert-OH is 4. The number of nitrogens with one attached hydrogen (secondary N) is 6. The number of aromatic nitrogens is 12. The van der Waals surface area contributed by atoms with Crippen LogP contribution in [0, 0.1) is 0 Å². The summed E-state index contributed by atoms with van der Waals surface area (Å²) >= 11 is 0. The Balaban J connectivity index is 0.827. The Hall–Kier alpha value is -8.27. The van der Waals surface area contributed by atoms with Crippen LogP contribution < -0.4 is 31.9 Å². The maximum absolute atomic E-state index is 14.3. The number of aliphatic hydroxyl groups is 4. The smallest absolute Gasteiger partial charge is 0.320 e. The van der Waals surface area contributed by atoms with Gasteiger partial charge < -0.3 is 80.4 Å². The van der Waals surface area contributed by atoms with Gasteiger partial charge in [-0.1, -0.05) is 25.3 Å². The molecule has 10 atom stereocenters. The van der Waals surface area contributed by atoms with Crippen LogP contribution in [0.5, 0.6) is 0 Å². The van der Waals surface area contributed by atoms with Crippen molar-refractivity contribution in [2.75, 3.05) is 60.5 Å². The topological polar surface area (TPSA) is 334 Å². The van der Waals surface area contributed by atoms with Gasteiger partial charge >= 0.3 is 6.03 Å². The molecule has 0 aromatic carbocycles. The van der Waals surface area contributed by atoms with Crippen LogP contribution >= 0.6 is 0 Å². The number of hydrogen-bond acceptors (Lipinski definition) is 19. The van der Waals surface area contributed by atoms with Crippen LogP contribution in [0.1, 0.15) is 62.0 Å². The second kappa shape index (κ2) is 23.1. The summed E-state index contributed by atoms with van der Waals surface area (Å²) in [5.74, 6) is 0.812. The van der Waals surface area contributed by atoms with E-state index in [0.717, 1.165) is 11.4 Å². The van der Waals surface area contributed by atoms with Gasteiger partial charge in [0.1, 0.15) is 24.4 Å². The zero-order valence-corrected chi connectivity index (χ0v) is 43.0. The molecule has 8 heterocycles. The number of nitrogens with zero attached hydrogens (tertiary/aromatic N) is 14. The molecular formula is C51H66N20O7. The summed E-state index contributed by atoms with van der Waals surface area (Å²) in [7, 11) is 0. The first-order chi connectivity index (χ1) is 37.8. The summed E-state index contributed by atoms with van der Waals surface area (Å²) in [4.78, 5) is 80.4. The molecule has 78 heavy (non-hydrogen) atoms. The van der Waals surface area contributed by atoms with E-state index in [1.807, 2.05) is 22.2 Å². The Kier molecular flexibility index (Phi) is 15.8. The highest BCUT2D eigenvalue weighted by molar-refractivity contribution is 5.86. The lowest BCUT2D eigenvalue weighted by molar-refractivity contribution is -0.122. The van der Waals surface area contributed by atoms with Gasteiger partial charge in [-0.2, -0.15) is 19.9 Å². The summed E-state index contributed by atoms with van der Waals surface area (Å²) in [6.45, 7) is 17.4. The lowest BCUT2D eigenvalue weighted by Crippen LogP contribution is -2.42. The lowest BCUT2D eigenvalue weighted by atomic mass is 10.2. The van der Waals surface area contributed by atoms with Gasteiger partial charge in [0.15, 0.2) is 34.0 Å². The third-order valence-electron chi connectivity index (χ3n) is 14.9. The number of hydrogen-bond donors (Lipinski definition) is 10. The average Bonchev–Trinajstić information content (AvgIpc) is 4.38. The molecule has 27 nitrogen and oxygen atoms in total. The first-order valence-corrected chi connectivity index (χ1v) is 26.2. The molecule has 10 N–H and O–H groups in total. The monoisotopic (exact) mass is 1070 g/mol. The minimum absolute atomic E-state index is 0.0710. The zero-order chi connectivity index (χ0) is 54.6. The molecule has 412 valence electrons. The normalized spacial score (nSPS) is 24.9. The third kappa shape index (κ3) is 11.3. The molecule has 2 saturated carbocycles. The Morgan fingerprint density at radius 2 is 1.03 bits per heavy atom. The minimum atomic E-state index is -1.23. The SMILES string of the molecule is C=CCC(=O)N[C@H]1C[C@@H](n2cnc3c(N[C@@H]4CCN(C(=O)N5CC[C@@H](Nc6nc(NCCc7cn(C=C)cn7)nc7c6ncn7[C@@H]6C[C@H](NC(=O)CC=C)[C@@H](O)[C@H]6O)C5)C4)nc(NCCc4cn(C=C)cn4)nc32)[C@H](O)[C@@H]1O. The van der Waals surface area contributed by atoms with Crippen LogP contribution in [0.4, 0.5) is 28.3 Å². The van der Waals surface area contributed by atoms with Gasteiger partial charge in [-0.15, -0.1) is 13.2 Å². The molecular weight excluding hydrogens is 1000 g/mol. The highest BCUT2D eigenvalue weighted by Gasteiger charge is 2.45. The molecule has 0 unspecified atom stereocenters. The summed E-state index contributed by atoms with van der Waals surface area (Å²) in [5, 5.41) is 63.9. The predicted octanol–water partition coefficient (Wildman–Crippen LogP) is 1.12. The van der Waals surface area contributed by atoms with Crippen LogP contribution in [0.15, 0.2) is 76.2 Å². The van der Waals surface area contributed by atoms with Crippen molar-refractivity contribution in [2.45, 2.75) is 112 Å². The number of imidazole rings is 4. The highest BCUT2D eigenvalue weighted by atomic mass is 16.3. The quantitative estimate of drug-likeness (QED) is 0.0426. The van der Waals surface area contributed by atoms with Gasteiger partial charge in [-0.25, -0.2) is 24.7 Å². The Bertz CT molecular complexity index is 2980. The number of carbonyl (C=O) groups excluding carboxylic acids is 3. The number of fused-ring (bicyclic) bond motifs is 2. The summed E-state index contributed by atoms with van der Waals surface area (Å²) in [5.41, 5.74) is 3.34. The molecule has 0 spiro atoms. The molecule has 2 aliphatic carbocycles. The molecule has 10 rings (SSSR count). The third-order valence-corrected chi connectivity index (χ3v) is 14.9. The Labute approximate surface area is 448 Å². The molecule has 27 heteroatoms. The van der Waals surface area contributed by atoms with E-state index in [2.05, 4.69) is 68.2 Å². The molecule has 4 amide bonds. The second-order valence-electron chi connectivity index (χ2n) is 20.1. The van der Waals surface area contributed by atoms with Crippen molar-refractivity contribution in [3.05, 3.63) is 87.6 Å². The minimum Gasteiger partial charge on any atom is -0.388 e. The molecule has 6 aromatic heterocycles. The Morgan fingerprint density at radius 1 is 0.590 bits per heavy atom. The van der Waals surface area contributed by atoms with Crippen molar-refractivity contribution in [2.24, 2.45) is 0 Å². The van der Waals surface area contributed by atoms with Crippen molar-refractivity contribution in [3.63, 3.8) is 0 Å². The highest BCUT2D eigenvalue weighted by Crippen LogP contribution is 2.37. The first kappa shape index (κ1) is 53.1. The Morgan fingerprint density at radius 3 is 1.42 bits per heavy atom. The predicted molar refractivity (Wildman–Crippen MR) is 290 cm³/mol. The van der Waals surface area contributed by atoms with E-state index in [-0.39, 0.29) is 55.6 Å². The molecule has 6 aromatic rings. The van der Waals surface area contributed by atoms with E-state index in [0.29, 0.717) is 111 Å². The van der Waals surface area contributed by atoms with E-state index in [1.165, 1.54) is 12.2 Å². The number of rotatable bonds is 22. The number of likely N-dealkylation sites (tertiary alicyclic amines) is 2. The fourth-order valence-electron chi connectivity index (χ4n) is 10.8. The van der Waals surface area contributed by atoms with Gasteiger partial charge in [0.05, 0.1) is 60.9 Å². The van der Waals surface area contributed by atoms with Crippen molar-refractivity contribution >= 4 is 76.1 Å². The van der Waals surface area contributed by atoms with E-state index >= 15 is 0 Å². The molecule has 0 radical (unpaired) electrons. The van der Waals surface area contributed by atoms with Crippen LogP contribution in [0.3, 0.4) is 0 Å². The van der Waals surface area contributed by atoms with Gasteiger partial charge in [0.2, 0.25) is 23.7 Å². The zero-order valence-electron chi connectivity index (χ0n) is 43.0. The average molecular weight is 1070 g/mol. The lowest BCUT2D eigenvalue weighted by Gasteiger charge is -2.25. The van der Waals surface area contributed by atoms with E-state index in [1.54, 1.807) is 56.0 Å². The molecule has 0 bridgehead atoms. The van der Waals surface area contributed by atoms with Gasteiger partial charge in [0.25, 0.3) is 0 Å². The van der Waals surface area contributed by atoms with Crippen molar-refractivity contribution in [3.8, 4) is 0 Å². The van der Waals surface area contributed by atoms with Crippen molar-refractivity contribution in [1.29, 1.82) is 0 Å². The van der Waals surface area contributed by atoms with Gasteiger partial charge in [-0.3, -0.25) is 9.59 Å². The maximum Gasteiger partial charge on any atom is 0.320 e. The van der Waals surface area contributed by atoms with Gasteiger partial charge in [0, 0.05) is 102 Å². The number of amides is 4. The molecule has 4 aliphatic rings. The van der Waals surface area contributed by atoms with Gasteiger partial charge in [-0.05, 0) is 25.7 Å². The largest absolute Gasteiger partial charge is 0.388 e. The number of carbonyl (C=O) groups is 3. The molecule has 2 aliphatic heterocycles. The molecule has 4 fully saturated rings. The van der Waals surface area contributed by atoms with E-state index in [4.69, 9.17) is 29.9 Å².